The van der Waals surface area contributed by atoms with Crippen molar-refractivity contribution in [3.05, 3.63) is 32.9 Å². The van der Waals surface area contributed by atoms with Gasteiger partial charge in [0.1, 0.15) is 0 Å². The molecule has 0 heterocycles. The smallest absolute Gasteiger partial charge is 0.338 e. The van der Waals surface area contributed by atoms with E-state index in [0.717, 1.165) is 9.13 Å². The fraction of sp³-hybridized carbons (Fsp3) is 0.300. The molecule has 1 aromatic carbocycles. The fourth-order valence-corrected chi connectivity index (χ4v) is 1.71. The first-order valence-corrected chi connectivity index (χ1v) is 5.16. The summed E-state index contributed by atoms with van der Waals surface area (Å²) < 4.78 is 6.04. The molecule has 13 heavy (non-hydrogen) atoms. The lowest BCUT2D eigenvalue weighted by molar-refractivity contribution is 0.0525. The Balaban J connectivity index is 2.95. The van der Waals surface area contributed by atoms with Crippen LogP contribution in [0.1, 0.15) is 22.8 Å². The summed E-state index contributed by atoms with van der Waals surface area (Å²) >= 11 is 2.21. The lowest BCUT2D eigenvalue weighted by Gasteiger charge is -2.04. The molecule has 0 aromatic heterocycles. The molecule has 0 radical (unpaired) electrons. The topological polar surface area (TPSA) is 26.3 Å². The second kappa shape index (κ2) is 4.60. The number of hydrogen-bond donors (Lipinski definition) is 0. The first-order chi connectivity index (χ1) is 6.15. The summed E-state index contributed by atoms with van der Waals surface area (Å²) in [6.45, 7) is 4.14. The van der Waals surface area contributed by atoms with Gasteiger partial charge in [-0.2, -0.15) is 0 Å². The van der Waals surface area contributed by atoms with Gasteiger partial charge in [-0.25, -0.2) is 4.79 Å². The molecule has 0 unspecified atom stereocenters. The van der Waals surface area contributed by atoms with E-state index in [0.29, 0.717) is 12.2 Å². The van der Waals surface area contributed by atoms with Gasteiger partial charge in [0.25, 0.3) is 0 Å². The van der Waals surface area contributed by atoms with E-state index in [2.05, 4.69) is 22.6 Å². The minimum absolute atomic E-state index is 0.239. The van der Waals surface area contributed by atoms with Crippen LogP contribution in [0.5, 0.6) is 0 Å². The molecule has 3 heteroatoms. The van der Waals surface area contributed by atoms with Crippen LogP contribution < -0.4 is 0 Å². The molecule has 2 nitrogen and oxygen atoms in total. The number of aryl methyl sites for hydroxylation is 1. The molecule has 0 amide bonds. The zero-order valence-corrected chi connectivity index (χ0v) is 9.79. The van der Waals surface area contributed by atoms with Crippen LogP contribution in [0, 0.1) is 10.5 Å². The van der Waals surface area contributed by atoms with Gasteiger partial charge in [-0.15, -0.1) is 0 Å². The summed E-state index contributed by atoms with van der Waals surface area (Å²) in [6, 6.07) is 5.67. The monoisotopic (exact) mass is 290 g/mol. The zero-order chi connectivity index (χ0) is 9.84. The molecule has 70 valence electrons. The molecule has 0 aliphatic rings. The Morgan fingerprint density at radius 3 is 2.77 bits per heavy atom. The molecule has 0 saturated carbocycles. The van der Waals surface area contributed by atoms with Gasteiger partial charge in [-0.3, -0.25) is 0 Å². The second-order valence-corrected chi connectivity index (χ2v) is 3.93. The van der Waals surface area contributed by atoms with Gasteiger partial charge >= 0.3 is 5.97 Å². The van der Waals surface area contributed by atoms with Crippen LogP contribution in [0.3, 0.4) is 0 Å². The van der Waals surface area contributed by atoms with E-state index in [9.17, 15) is 4.79 Å². The highest BCUT2D eigenvalue weighted by atomic mass is 127. The van der Waals surface area contributed by atoms with Crippen molar-refractivity contribution in [3.8, 4) is 0 Å². The number of rotatable bonds is 2. The Morgan fingerprint density at radius 2 is 2.23 bits per heavy atom. The van der Waals surface area contributed by atoms with Gasteiger partial charge in [0.05, 0.1) is 12.2 Å². The summed E-state index contributed by atoms with van der Waals surface area (Å²) in [6.07, 6.45) is 0. The van der Waals surface area contributed by atoms with Crippen molar-refractivity contribution in [2.45, 2.75) is 13.8 Å². The highest BCUT2D eigenvalue weighted by molar-refractivity contribution is 14.1. The SMILES string of the molecule is CCOC(=O)c1ccc(I)cc1C. The van der Waals surface area contributed by atoms with E-state index in [1.54, 1.807) is 13.0 Å². The van der Waals surface area contributed by atoms with Crippen molar-refractivity contribution in [1.29, 1.82) is 0 Å². The number of ether oxygens (including phenoxy) is 1. The standard InChI is InChI=1S/C10H11IO2/c1-3-13-10(12)9-5-4-8(11)6-7(9)2/h4-6H,3H2,1-2H3. The van der Waals surface area contributed by atoms with Crippen molar-refractivity contribution in [2.24, 2.45) is 0 Å². The van der Waals surface area contributed by atoms with Gasteiger partial charge in [0.15, 0.2) is 0 Å². The van der Waals surface area contributed by atoms with E-state index in [1.807, 2.05) is 19.1 Å². The van der Waals surface area contributed by atoms with E-state index < -0.39 is 0 Å². The van der Waals surface area contributed by atoms with Gasteiger partial charge in [0.2, 0.25) is 0 Å². The summed E-state index contributed by atoms with van der Waals surface area (Å²) in [4.78, 5) is 11.4. The fourth-order valence-electron chi connectivity index (χ4n) is 1.06. The lowest BCUT2D eigenvalue weighted by Crippen LogP contribution is -2.06. The third kappa shape index (κ3) is 2.69. The molecule has 1 aromatic rings. The maximum absolute atomic E-state index is 11.4. The second-order valence-electron chi connectivity index (χ2n) is 2.68. The quantitative estimate of drug-likeness (QED) is 0.618. The van der Waals surface area contributed by atoms with Gasteiger partial charge < -0.3 is 4.74 Å². The van der Waals surface area contributed by atoms with E-state index >= 15 is 0 Å². The number of carbonyl (C=O) groups excluding carboxylic acids is 1. The third-order valence-corrected chi connectivity index (χ3v) is 2.35. The molecule has 0 aliphatic heterocycles. The largest absolute Gasteiger partial charge is 0.462 e. The molecule has 0 atom stereocenters. The lowest BCUT2D eigenvalue weighted by atomic mass is 10.1. The predicted molar refractivity (Wildman–Crippen MR) is 59.9 cm³/mol. The number of halogens is 1. The summed E-state index contributed by atoms with van der Waals surface area (Å²) in [7, 11) is 0. The molecular weight excluding hydrogens is 279 g/mol. The number of hydrogen-bond acceptors (Lipinski definition) is 2. The van der Waals surface area contributed by atoms with Gasteiger partial charge in [-0.05, 0) is 60.2 Å². The first kappa shape index (κ1) is 10.5. The summed E-state index contributed by atoms with van der Waals surface area (Å²) in [5.74, 6) is -0.239. The average Bonchev–Trinajstić information content (AvgIpc) is 2.04. The third-order valence-electron chi connectivity index (χ3n) is 1.68. The molecule has 0 bridgehead atoms. The van der Waals surface area contributed by atoms with Crippen LogP contribution >= 0.6 is 22.6 Å². The zero-order valence-electron chi connectivity index (χ0n) is 7.63. The van der Waals surface area contributed by atoms with Gasteiger partial charge in [-0.1, -0.05) is 0 Å². The normalized spacial score (nSPS) is 9.77. The first-order valence-electron chi connectivity index (χ1n) is 4.08. The Kier molecular flexibility index (Phi) is 3.71. The molecular formula is C10H11IO2. The van der Waals surface area contributed by atoms with Crippen molar-refractivity contribution >= 4 is 28.6 Å². The molecule has 0 saturated heterocycles. The van der Waals surface area contributed by atoms with Crippen LogP contribution in [-0.2, 0) is 4.74 Å². The predicted octanol–water partition coefficient (Wildman–Crippen LogP) is 2.78. The van der Waals surface area contributed by atoms with Crippen molar-refractivity contribution < 1.29 is 9.53 Å². The Hall–Kier alpha value is -0.580. The van der Waals surface area contributed by atoms with Crippen LogP contribution in [0.2, 0.25) is 0 Å². The highest BCUT2D eigenvalue weighted by Gasteiger charge is 2.08. The molecule has 0 spiro atoms. The average molecular weight is 290 g/mol. The Morgan fingerprint density at radius 1 is 1.54 bits per heavy atom. The maximum Gasteiger partial charge on any atom is 0.338 e. The number of benzene rings is 1. The highest BCUT2D eigenvalue weighted by Crippen LogP contribution is 2.13. The summed E-state index contributed by atoms with van der Waals surface area (Å²) in [5.41, 5.74) is 1.62. The van der Waals surface area contributed by atoms with Crippen molar-refractivity contribution in [1.82, 2.24) is 0 Å². The summed E-state index contributed by atoms with van der Waals surface area (Å²) in [5, 5.41) is 0. The van der Waals surface area contributed by atoms with Crippen LogP contribution in [-0.4, -0.2) is 12.6 Å². The van der Waals surface area contributed by atoms with E-state index in [1.165, 1.54) is 0 Å². The number of esters is 1. The minimum atomic E-state index is -0.239. The van der Waals surface area contributed by atoms with Gasteiger partial charge in [0, 0.05) is 3.57 Å². The van der Waals surface area contributed by atoms with Crippen LogP contribution in [0.25, 0.3) is 0 Å². The van der Waals surface area contributed by atoms with Crippen LogP contribution in [0.4, 0.5) is 0 Å². The Bertz CT molecular complexity index is 321. The molecule has 0 N–H and O–H groups in total. The van der Waals surface area contributed by atoms with E-state index in [4.69, 9.17) is 4.74 Å². The molecule has 1 rings (SSSR count). The van der Waals surface area contributed by atoms with Crippen molar-refractivity contribution in [3.63, 3.8) is 0 Å². The Labute approximate surface area is 91.4 Å². The number of carbonyl (C=O) groups is 1. The van der Waals surface area contributed by atoms with Crippen molar-refractivity contribution in [2.75, 3.05) is 6.61 Å². The minimum Gasteiger partial charge on any atom is -0.462 e. The van der Waals surface area contributed by atoms with E-state index in [-0.39, 0.29) is 5.97 Å². The molecule has 0 fully saturated rings. The molecule has 0 aliphatic carbocycles. The van der Waals surface area contributed by atoms with Crippen LogP contribution in [0.15, 0.2) is 18.2 Å². The maximum atomic E-state index is 11.4.